The topological polar surface area (TPSA) is 494 Å². The molecule has 18 aromatic heterocycles. The maximum absolute atomic E-state index is 13.3. The van der Waals surface area contributed by atoms with Crippen molar-refractivity contribution in [1.29, 1.82) is 0 Å². The van der Waals surface area contributed by atoms with E-state index in [4.69, 9.17) is 22.9 Å². The predicted molar refractivity (Wildman–Crippen MR) is 528 cm³/mol. The SMILES string of the molecule is C.C=C(NC)c1cc(C)c(-c2cc3cc(NC(=O)[C@H]4C[C@@H]4c4cnn(C)c4)ncc3c(N)n2)cn1.Cc1cc(-c2ccn(C)n2)ncc1-c1cc2cc(NC(=O)[C@H]3C[C@@H]3c3cnn(C)c3)ncc2c(N)n1.Cc1cc(-n2cccn2)ncc1-c1cc2cc(NC(=O)[C@H]3C[C@@H]3c3cnn(C)c3)ncc2c(N)n1.Cc1ncc(-c2cc3cc(NC(=O)[C@H]4C[C@@H]4c4cnn(C)c4)ncc3c(N)n2)cc1C(F)(F)F. The average Bonchev–Trinajstić information content (AvgIpc) is 1.36. The van der Waals surface area contributed by atoms with Crippen molar-refractivity contribution in [2.24, 2.45) is 58.9 Å². The Balaban J connectivity index is 0.000000123. The summed E-state index contributed by atoms with van der Waals surface area (Å²) in [6, 6.07) is 25.2. The van der Waals surface area contributed by atoms with Gasteiger partial charge in [-0.3, -0.25) is 57.5 Å². The second-order valence-electron chi connectivity index (χ2n) is 35.3. The number of hydrogen-bond acceptors (Lipinski definition) is 27. The van der Waals surface area contributed by atoms with Crippen molar-refractivity contribution in [3.8, 4) is 62.2 Å². The van der Waals surface area contributed by atoms with Crippen LogP contribution < -0.4 is 49.5 Å². The van der Waals surface area contributed by atoms with Crippen molar-refractivity contribution in [3.05, 3.63) is 265 Å². The van der Waals surface area contributed by atoms with Crippen LogP contribution in [0.3, 0.4) is 0 Å². The Bertz CT molecular complexity index is 7910. The van der Waals surface area contributed by atoms with Crippen molar-refractivity contribution in [1.82, 2.24) is 124 Å². The smallest absolute Gasteiger partial charge is 0.387 e. The van der Waals surface area contributed by atoms with Crippen molar-refractivity contribution in [3.63, 3.8) is 0 Å². The fourth-order valence-electron chi connectivity index (χ4n) is 17.3. The Hall–Kier alpha value is -17.5. The van der Waals surface area contributed by atoms with E-state index in [1.54, 1.807) is 89.8 Å². The standard InChI is InChI=1S/C26H25N9O.C25H23N9O.C25H26N8O.C23H20F3N7O.CH4/c1-14-6-23(21-4-5-34(2)33-21)28-11-19(14)22-7-15-8-24(29-12-20(15)25(27)31-22)32-26(36)18-9-17(18)16-10-30-35(3)13-16;1-14-6-23(34-5-3-4-29-34)28-11-19(14)21-7-15-8-22(27-12-20(15)24(26)31-21)32-25(35)18-9-17(18)16-10-30-33(2)13-16;1-13-5-21(14(2)27-3)28-10-19(13)22-6-15-7-23(29-11-20(15)24(26)31-22)32-25(34)18-8-17(18)16-9-30-33(4)12-16;1-11-18(23(24,25)26)3-13(7-28-11)19-4-12-5-20(29-9-17(12)21(27)31-19)32-22(34)16-6-15(16)14-8-30-33(2)10-14;/h4-8,10-13,17-18H,9H2,1-3H3,(H2,27,31)(H,29,32,36);3-8,10-13,17-18H,9H2,1-2H3,(H2,26,31)(H,27,32,35);5-7,9-12,17-18,27H,2,8H2,1,3-4H3,(H2,26,31)(H,29,32,34);3-5,7-10,15-16H,6H2,1-2H3,(H2,27,31)(H,29,32,34);1H4/t3*17-,18+;15-,16+;/m1111./s1. The Morgan fingerprint density at radius 3 is 1.11 bits per heavy atom. The molecule has 0 spiro atoms. The average molecular weight is 1880 g/mol. The van der Waals surface area contributed by atoms with E-state index < -0.39 is 11.7 Å². The van der Waals surface area contributed by atoms with Crippen LogP contribution in [0.4, 0.5) is 59.7 Å². The highest BCUT2D eigenvalue weighted by molar-refractivity contribution is 6.03. The van der Waals surface area contributed by atoms with Gasteiger partial charge in [0, 0.05) is 208 Å². The number of halogens is 3. The first-order valence-corrected chi connectivity index (χ1v) is 44.5. The molecule has 0 aromatic carbocycles. The molecule has 708 valence electrons. The number of carbonyl (C=O) groups is 4. The molecule has 0 saturated heterocycles. The molecular formula is C100H98F3N33O4. The number of pyridine rings is 12. The number of nitrogens with two attached hydrogens (primary N) is 4. The van der Waals surface area contributed by atoms with Gasteiger partial charge in [0.25, 0.3) is 0 Å². The maximum Gasteiger partial charge on any atom is 0.418 e. The van der Waals surface area contributed by atoms with Crippen LogP contribution in [0.5, 0.6) is 0 Å². The molecule has 0 aliphatic heterocycles. The molecule has 4 aliphatic rings. The molecule has 18 heterocycles. The van der Waals surface area contributed by atoms with Crippen LogP contribution in [0.1, 0.15) is 113 Å². The van der Waals surface area contributed by atoms with Gasteiger partial charge in [-0.2, -0.15) is 43.8 Å². The van der Waals surface area contributed by atoms with E-state index in [9.17, 15) is 32.3 Å². The molecule has 18 aromatic rings. The Morgan fingerprint density at radius 2 is 0.771 bits per heavy atom. The van der Waals surface area contributed by atoms with E-state index >= 15 is 0 Å². The zero-order chi connectivity index (χ0) is 97.3. The van der Waals surface area contributed by atoms with Crippen molar-refractivity contribution >= 4 is 119 Å². The number of fused-ring (bicyclic) bond motifs is 4. The molecule has 4 amide bonds. The second kappa shape index (κ2) is 37.6. The van der Waals surface area contributed by atoms with Gasteiger partial charge in [0.2, 0.25) is 23.6 Å². The number of amides is 4. The third-order valence-electron chi connectivity index (χ3n) is 25.3. The number of hydrogen-bond donors (Lipinski definition) is 9. The number of nitrogen functional groups attached to an aromatic ring is 4. The van der Waals surface area contributed by atoms with Gasteiger partial charge in [-0.05, 0) is 222 Å². The lowest BCUT2D eigenvalue weighted by atomic mass is 10.0. The number of anilines is 8. The van der Waals surface area contributed by atoms with Crippen LogP contribution in [-0.4, -0.2) is 149 Å². The quantitative estimate of drug-likeness (QED) is 0.0342. The number of nitrogens with zero attached hydrogens (tertiary/aromatic N) is 24. The molecule has 22 rings (SSSR count). The molecule has 4 aliphatic carbocycles. The number of nitrogens with one attached hydrogen (secondary N) is 5. The second-order valence-corrected chi connectivity index (χ2v) is 35.3. The van der Waals surface area contributed by atoms with E-state index in [0.29, 0.717) is 68.6 Å². The highest BCUT2D eigenvalue weighted by Gasteiger charge is 2.48. The van der Waals surface area contributed by atoms with Crippen molar-refractivity contribution in [2.75, 3.05) is 51.2 Å². The minimum Gasteiger partial charge on any atom is -0.387 e. The summed E-state index contributed by atoms with van der Waals surface area (Å²) in [6.07, 6.45) is 32.2. The summed E-state index contributed by atoms with van der Waals surface area (Å²) in [5.74, 6) is 3.83. The first-order valence-electron chi connectivity index (χ1n) is 44.5. The monoisotopic (exact) mass is 1880 g/mol. The third kappa shape index (κ3) is 19.8. The first kappa shape index (κ1) is 92.9. The van der Waals surface area contributed by atoms with Gasteiger partial charge in [-0.1, -0.05) is 14.0 Å². The largest absolute Gasteiger partial charge is 0.418 e. The molecule has 40 heteroatoms. The van der Waals surface area contributed by atoms with Crippen LogP contribution in [0, 0.1) is 51.4 Å². The minimum absolute atomic E-state index is 0. The molecule has 0 bridgehead atoms. The molecular weight excluding hydrogens is 1780 g/mol. The molecule has 4 fully saturated rings. The molecule has 13 N–H and O–H groups in total. The maximum atomic E-state index is 13.3. The van der Waals surface area contributed by atoms with Crippen LogP contribution in [0.2, 0.25) is 0 Å². The third-order valence-corrected chi connectivity index (χ3v) is 25.3. The molecule has 4 saturated carbocycles. The number of aryl methyl sites for hydroxylation is 9. The fraction of sp³-hybridized carbons (Fsp3) is 0.240. The lowest BCUT2D eigenvalue weighted by Gasteiger charge is -2.12. The number of rotatable bonds is 20. The summed E-state index contributed by atoms with van der Waals surface area (Å²) >= 11 is 0. The van der Waals surface area contributed by atoms with E-state index in [0.717, 1.165) is 148 Å². The van der Waals surface area contributed by atoms with Gasteiger partial charge in [0.1, 0.15) is 52.2 Å². The van der Waals surface area contributed by atoms with E-state index in [1.807, 2.05) is 186 Å². The van der Waals surface area contributed by atoms with Crippen LogP contribution in [0.15, 0.2) is 209 Å². The summed E-state index contributed by atoms with van der Waals surface area (Å²) in [5.41, 5.74) is 39.5. The molecule has 37 nitrogen and oxygen atoms in total. The van der Waals surface area contributed by atoms with Gasteiger partial charge in [-0.25, -0.2) is 49.5 Å². The Kier molecular flexibility index (Phi) is 25.0. The molecule has 8 atom stereocenters. The summed E-state index contributed by atoms with van der Waals surface area (Å²) < 4.78 is 50.4. The van der Waals surface area contributed by atoms with Crippen molar-refractivity contribution < 1.29 is 32.3 Å². The van der Waals surface area contributed by atoms with Crippen LogP contribution in [-0.2, 0) is 60.6 Å². The van der Waals surface area contributed by atoms with Crippen molar-refractivity contribution in [2.45, 2.75) is 90.7 Å². The summed E-state index contributed by atoms with van der Waals surface area (Å²) in [4.78, 5) is 104. The number of carbonyl (C=O) groups excluding carboxylic acids is 4. The first-order chi connectivity index (χ1) is 66.7. The normalized spacial score (nSPS) is 17.0. The van der Waals surface area contributed by atoms with Crippen LogP contribution >= 0.6 is 0 Å². The van der Waals surface area contributed by atoms with E-state index in [-0.39, 0.29) is 101 Å². The zero-order valence-electron chi connectivity index (χ0n) is 77.0. The van der Waals surface area contributed by atoms with Gasteiger partial charge in [0.05, 0.1) is 70.2 Å². The highest BCUT2D eigenvalue weighted by Crippen LogP contribution is 2.52. The van der Waals surface area contributed by atoms with E-state index in [2.05, 4.69) is 124 Å². The Labute approximate surface area is 799 Å². The lowest BCUT2D eigenvalue weighted by molar-refractivity contribution is -0.138. The summed E-state index contributed by atoms with van der Waals surface area (Å²) in [6.45, 7) is 11.3. The zero-order valence-corrected chi connectivity index (χ0v) is 77.0. The highest BCUT2D eigenvalue weighted by atomic mass is 19.4. The summed E-state index contributed by atoms with van der Waals surface area (Å²) in [7, 11) is 11.1. The van der Waals surface area contributed by atoms with Gasteiger partial charge < -0.3 is 49.5 Å². The fourth-order valence-corrected chi connectivity index (χ4v) is 17.3. The van der Waals surface area contributed by atoms with Crippen LogP contribution in [0.25, 0.3) is 111 Å². The van der Waals surface area contributed by atoms with Gasteiger partial charge in [-0.15, -0.1) is 0 Å². The van der Waals surface area contributed by atoms with E-state index in [1.165, 1.54) is 19.3 Å². The molecule has 0 unspecified atom stereocenters. The Morgan fingerprint density at radius 1 is 0.400 bits per heavy atom. The number of aromatic nitrogens is 24. The summed E-state index contributed by atoms with van der Waals surface area (Å²) in [5, 5.41) is 45.9. The predicted octanol–water partition coefficient (Wildman–Crippen LogP) is 14.7. The molecule has 140 heavy (non-hydrogen) atoms. The molecule has 0 radical (unpaired) electrons. The van der Waals surface area contributed by atoms with Gasteiger partial charge >= 0.3 is 6.18 Å². The number of alkyl halides is 3. The minimum atomic E-state index is -4.53. The van der Waals surface area contributed by atoms with Gasteiger partial charge in [0.15, 0.2) is 5.82 Å². The lowest BCUT2D eigenvalue weighted by Crippen LogP contribution is -2.15.